The minimum absolute atomic E-state index is 0.184. The Bertz CT molecular complexity index is 1100. The second-order valence-electron chi connectivity index (χ2n) is 7.88. The number of carbonyl (C=O) groups excluding carboxylic acids is 2. The third-order valence-corrected chi connectivity index (χ3v) is 5.51. The summed E-state index contributed by atoms with van der Waals surface area (Å²) in [5, 5.41) is 5.81. The van der Waals surface area contributed by atoms with Crippen molar-refractivity contribution in [2.75, 3.05) is 11.9 Å². The van der Waals surface area contributed by atoms with Gasteiger partial charge < -0.3 is 16.4 Å². The third kappa shape index (κ3) is 5.49. The van der Waals surface area contributed by atoms with E-state index in [0.717, 1.165) is 5.56 Å². The summed E-state index contributed by atoms with van der Waals surface area (Å²) in [6.07, 6.45) is 3.19. The predicted molar refractivity (Wildman–Crippen MR) is 123 cm³/mol. The van der Waals surface area contributed by atoms with E-state index in [0.29, 0.717) is 16.8 Å². The lowest BCUT2D eigenvalue weighted by Crippen LogP contribution is -2.43. The molecule has 166 valence electrons. The molecule has 3 rings (SSSR count). The van der Waals surface area contributed by atoms with E-state index < -0.39 is 17.3 Å². The van der Waals surface area contributed by atoms with Gasteiger partial charge in [0.15, 0.2) is 0 Å². The molecule has 8 heteroatoms. The van der Waals surface area contributed by atoms with Crippen molar-refractivity contribution in [1.29, 1.82) is 0 Å². The smallest absolute Gasteiger partial charge is 0.255 e. The molecule has 2 amide bonds. The van der Waals surface area contributed by atoms with Gasteiger partial charge in [0, 0.05) is 41.3 Å². The summed E-state index contributed by atoms with van der Waals surface area (Å²) in [5.41, 5.74) is 7.68. The van der Waals surface area contributed by atoms with Crippen molar-refractivity contribution < 1.29 is 14.0 Å². The molecule has 0 aliphatic heterocycles. The summed E-state index contributed by atoms with van der Waals surface area (Å²) in [4.78, 5) is 29.0. The van der Waals surface area contributed by atoms with Crippen LogP contribution in [-0.4, -0.2) is 23.3 Å². The largest absolute Gasteiger partial charge is 0.353 e. The second kappa shape index (κ2) is 9.89. The Kier molecular flexibility index (Phi) is 7.22. The molecule has 0 radical (unpaired) electrons. The Morgan fingerprint density at radius 2 is 1.75 bits per heavy atom. The van der Waals surface area contributed by atoms with Gasteiger partial charge in [-0.1, -0.05) is 29.8 Å². The van der Waals surface area contributed by atoms with Gasteiger partial charge >= 0.3 is 0 Å². The van der Waals surface area contributed by atoms with Gasteiger partial charge in [-0.3, -0.25) is 14.6 Å². The van der Waals surface area contributed by atoms with Crippen molar-refractivity contribution in [2.45, 2.75) is 25.3 Å². The second-order valence-corrected chi connectivity index (χ2v) is 8.28. The maximum Gasteiger partial charge on any atom is 0.255 e. The van der Waals surface area contributed by atoms with E-state index in [1.54, 1.807) is 62.6 Å². The minimum Gasteiger partial charge on any atom is -0.353 e. The molecule has 0 aliphatic carbocycles. The van der Waals surface area contributed by atoms with Crippen LogP contribution in [0.5, 0.6) is 0 Å². The summed E-state index contributed by atoms with van der Waals surface area (Å²) in [6.45, 7) is 3.61. The number of hydrogen-bond donors (Lipinski definition) is 3. The summed E-state index contributed by atoms with van der Waals surface area (Å²) in [7, 11) is 0. The number of rotatable bonds is 7. The summed E-state index contributed by atoms with van der Waals surface area (Å²) in [6, 6.07) is 13.7. The van der Waals surface area contributed by atoms with Crippen molar-refractivity contribution in [3.8, 4) is 0 Å². The standard InChI is InChI=1S/C24H24ClFN4O2/c1-24(2,19-8-7-17(26)13-20(19)25)23(32)29-14-21(27)15-3-5-16(6-4-15)22(31)30-18-9-11-28-12-10-18/h3-13,21H,14,27H2,1-2H3,(H,29,32)(H,28,30,31). The highest BCUT2D eigenvalue weighted by atomic mass is 35.5. The van der Waals surface area contributed by atoms with Crippen molar-refractivity contribution in [3.05, 3.63) is 94.5 Å². The molecule has 0 fully saturated rings. The number of pyridine rings is 1. The van der Waals surface area contributed by atoms with Gasteiger partial charge in [-0.15, -0.1) is 0 Å². The van der Waals surface area contributed by atoms with Crippen LogP contribution in [0, 0.1) is 5.82 Å². The summed E-state index contributed by atoms with van der Waals surface area (Å²) >= 11 is 6.13. The van der Waals surface area contributed by atoms with Crippen molar-refractivity contribution in [1.82, 2.24) is 10.3 Å². The maximum absolute atomic E-state index is 13.3. The molecule has 3 aromatic rings. The SMILES string of the molecule is CC(C)(C(=O)NCC(N)c1ccc(C(=O)Nc2ccncc2)cc1)c1ccc(F)cc1Cl. The van der Waals surface area contributed by atoms with Crippen LogP contribution in [0.1, 0.15) is 41.4 Å². The number of anilines is 1. The molecule has 0 bridgehead atoms. The molecule has 0 saturated heterocycles. The van der Waals surface area contributed by atoms with Gasteiger partial charge in [0.25, 0.3) is 5.91 Å². The fourth-order valence-corrected chi connectivity index (χ4v) is 3.58. The molecule has 32 heavy (non-hydrogen) atoms. The van der Waals surface area contributed by atoms with Crippen molar-refractivity contribution >= 4 is 29.1 Å². The Morgan fingerprint density at radius 1 is 1.09 bits per heavy atom. The number of benzene rings is 2. The monoisotopic (exact) mass is 454 g/mol. The molecule has 0 aliphatic rings. The summed E-state index contributed by atoms with van der Waals surface area (Å²) < 4.78 is 13.3. The third-order valence-electron chi connectivity index (χ3n) is 5.19. The molecule has 1 aromatic heterocycles. The highest BCUT2D eigenvalue weighted by molar-refractivity contribution is 6.31. The van der Waals surface area contributed by atoms with Crippen LogP contribution in [0.25, 0.3) is 0 Å². The first-order valence-corrected chi connectivity index (χ1v) is 10.4. The van der Waals surface area contributed by atoms with Crippen LogP contribution < -0.4 is 16.4 Å². The number of nitrogens with two attached hydrogens (primary N) is 1. The van der Waals surface area contributed by atoms with Gasteiger partial charge in [0.2, 0.25) is 5.91 Å². The number of amides is 2. The molecule has 0 saturated carbocycles. The van der Waals surface area contributed by atoms with E-state index in [4.69, 9.17) is 17.3 Å². The molecule has 0 spiro atoms. The highest BCUT2D eigenvalue weighted by Gasteiger charge is 2.32. The quantitative estimate of drug-likeness (QED) is 0.498. The molecule has 1 atom stereocenters. The first-order valence-electron chi connectivity index (χ1n) is 9.99. The summed E-state index contributed by atoms with van der Waals surface area (Å²) in [5.74, 6) is -0.993. The van der Waals surface area contributed by atoms with E-state index in [-0.39, 0.29) is 23.4 Å². The maximum atomic E-state index is 13.3. The molecule has 6 nitrogen and oxygen atoms in total. The first-order chi connectivity index (χ1) is 15.2. The highest BCUT2D eigenvalue weighted by Crippen LogP contribution is 2.30. The topological polar surface area (TPSA) is 97.1 Å². The molecule has 2 aromatic carbocycles. The first kappa shape index (κ1) is 23.4. The van der Waals surface area contributed by atoms with Crippen LogP contribution in [0.15, 0.2) is 67.0 Å². The van der Waals surface area contributed by atoms with Crippen LogP contribution in [0.4, 0.5) is 10.1 Å². The normalized spacial score (nSPS) is 12.2. The predicted octanol–water partition coefficient (Wildman–Crippen LogP) is 4.22. The van der Waals surface area contributed by atoms with Gasteiger partial charge in [0.1, 0.15) is 5.82 Å². The van der Waals surface area contributed by atoms with E-state index in [9.17, 15) is 14.0 Å². The Morgan fingerprint density at radius 3 is 2.38 bits per heavy atom. The van der Waals surface area contributed by atoms with Crippen molar-refractivity contribution in [3.63, 3.8) is 0 Å². The lowest BCUT2D eigenvalue weighted by molar-refractivity contribution is -0.125. The van der Waals surface area contributed by atoms with E-state index in [1.165, 1.54) is 18.2 Å². The Labute approximate surface area is 191 Å². The lowest BCUT2D eigenvalue weighted by Gasteiger charge is -2.26. The Balaban J connectivity index is 1.60. The number of aromatic nitrogens is 1. The van der Waals surface area contributed by atoms with E-state index in [2.05, 4.69) is 15.6 Å². The fraction of sp³-hybridized carbons (Fsp3) is 0.208. The zero-order valence-electron chi connectivity index (χ0n) is 17.7. The number of halogens is 2. The van der Waals surface area contributed by atoms with E-state index >= 15 is 0 Å². The molecule has 1 heterocycles. The number of hydrogen-bond acceptors (Lipinski definition) is 4. The lowest BCUT2D eigenvalue weighted by atomic mass is 9.83. The van der Waals surface area contributed by atoms with Crippen LogP contribution >= 0.6 is 11.6 Å². The van der Waals surface area contributed by atoms with Gasteiger partial charge in [0.05, 0.1) is 5.41 Å². The fourth-order valence-electron chi connectivity index (χ4n) is 3.18. The van der Waals surface area contributed by atoms with Gasteiger partial charge in [-0.2, -0.15) is 0 Å². The zero-order valence-corrected chi connectivity index (χ0v) is 18.5. The average Bonchev–Trinajstić information content (AvgIpc) is 2.77. The van der Waals surface area contributed by atoms with Gasteiger partial charge in [-0.25, -0.2) is 4.39 Å². The minimum atomic E-state index is -0.973. The average molecular weight is 455 g/mol. The van der Waals surface area contributed by atoms with Crippen LogP contribution in [-0.2, 0) is 10.2 Å². The number of nitrogens with zero attached hydrogens (tertiary/aromatic N) is 1. The van der Waals surface area contributed by atoms with Crippen LogP contribution in [0.2, 0.25) is 5.02 Å². The Hall–Kier alpha value is -3.29. The van der Waals surface area contributed by atoms with Gasteiger partial charge in [-0.05, 0) is 61.4 Å². The molecular weight excluding hydrogens is 431 g/mol. The van der Waals surface area contributed by atoms with Crippen molar-refractivity contribution in [2.24, 2.45) is 5.73 Å². The van der Waals surface area contributed by atoms with E-state index in [1.807, 2.05) is 0 Å². The van der Waals surface area contributed by atoms with Crippen LogP contribution in [0.3, 0.4) is 0 Å². The molecular formula is C24H24ClFN4O2. The zero-order chi connectivity index (χ0) is 23.3. The number of carbonyl (C=O) groups is 2. The number of nitrogens with one attached hydrogen (secondary N) is 2. The molecule has 1 unspecified atom stereocenters. The molecule has 4 N–H and O–H groups in total.